The minimum absolute atomic E-state index is 0.764. The lowest BCUT2D eigenvalue weighted by atomic mass is 9.94. The van der Waals surface area contributed by atoms with Gasteiger partial charge in [0.2, 0.25) is 5.91 Å². The Kier molecular flexibility index (Phi) is 13.8. The Bertz CT molecular complexity index is 1030. The first kappa shape index (κ1) is 39.5. The van der Waals surface area contributed by atoms with Gasteiger partial charge in [0.15, 0.2) is 25.2 Å². The fraction of sp³-hybridized carbons (Fsp3) is 0.962. The van der Waals surface area contributed by atoms with E-state index in [9.17, 15) is 71.2 Å². The molecule has 0 spiro atoms. The Morgan fingerprint density at radius 1 is 0.542 bits per heavy atom. The standard InChI is InChI=1S/C26H45NO21/c1-6(31)27-11-15(35)21(47-26-19(39)17(37)13(33)8(3-29)45-26)10(5-42-25-18(38)16(36)12(32)7(2-28)44-25)46-24(11)48-22-14(34)9(4-30)43-23(41)20(22)40/h7-26,28-30,32-41H,2-5H2,1H3,(H,27,31)/t7-,8-,9-,10-,11-,12-,13+,14+,15-,16+,17+,18-,19-,20-,21-,22+,23-,24+,25-,26+/m1/s1. The second-order valence-corrected chi connectivity index (χ2v) is 11.9. The Hall–Kier alpha value is -1.33. The average Bonchev–Trinajstić information content (AvgIpc) is 3.06. The summed E-state index contributed by atoms with van der Waals surface area (Å²) in [4.78, 5) is 12.2. The molecule has 1 amide bonds. The lowest BCUT2D eigenvalue weighted by Gasteiger charge is -2.49. The molecule has 0 aromatic carbocycles. The van der Waals surface area contributed by atoms with Gasteiger partial charge < -0.3 is 105 Å². The summed E-state index contributed by atoms with van der Waals surface area (Å²) in [7, 11) is 0. The number of hydrogen-bond acceptors (Lipinski definition) is 21. The Morgan fingerprint density at radius 2 is 1.02 bits per heavy atom. The van der Waals surface area contributed by atoms with Gasteiger partial charge in [-0.25, -0.2) is 0 Å². The van der Waals surface area contributed by atoms with Crippen LogP contribution in [-0.2, 0) is 38.0 Å². The van der Waals surface area contributed by atoms with Crippen LogP contribution in [0.3, 0.4) is 0 Å². The number of hydrogen-bond donors (Lipinski definition) is 14. The summed E-state index contributed by atoms with van der Waals surface area (Å²) in [6.45, 7) is -2.17. The van der Waals surface area contributed by atoms with Crippen LogP contribution in [0.1, 0.15) is 6.92 Å². The highest BCUT2D eigenvalue weighted by Crippen LogP contribution is 2.33. The molecule has 4 fully saturated rings. The third-order valence-corrected chi connectivity index (χ3v) is 8.59. The van der Waals surface area contributed by atoms with Crippen LogP contribution in [0.15, 0.2) is 0 Å². The van der Waals surface area contributed by atoms with Gasteiger partial charge in [-0.3, -0.25) is 4.79 Å². The highest BCUT2D eigenvalue weighted by atomic mass is 16.8. The van der Waals surface area contributed by atoms with E-state index in [1.807, 2.05) is 0 Å². The predicted molar refractivity (Wildman–Crippen MR) is 145 cm³/mol. The first-order chi connectivity index (χ1) is 22.6. The largest absolute Gasteiger partial charge is 0.394 e. The molecule has 0 saturated carbocycles. The van der Waals surface area contributed by atoms with E-state index in [1.54, 1.807) is 0 Å². The van der Waals surface area contributed by atoms with Gasteiger partial charge in [-0.2, -0.15) is 0 Å². The number of carbonyl (C=O) groups is 1. The monoisotopic (exact) mass is 707 g/mol. The maximum Gasteiger partial charge on any atom is 0.217 e. The number of nitrogens with one attached hydrogen (secondary N) is 1. The molecule has 4 saturated heterocycles. The third kappa shape index (κ3) is 8.24. The molecule has 48 heavy (non-hydrogen) atoms. The molecular weight excluding hydrogens is 662 g/mol. The molecule has 0 aromatic rings. The van der Waals surface area contributed by atoms with Crippen molar-refractivity contribution in [2.75, 3.05) is 26.4 Å². The van der Waals surface area contributed by atoms with Crippen molar-refractivity contribution in [3.8, 4) is 0 Å². The maximum absolute atomic E-state index is 12.2. The van der Waals surface area contributed by atoms with E-state index in [1.165, 1.54) is 0 Å². The molecule has 4 aliphatic heterocycles. The van der Waals surface area contributed by atoms with Crippen LogP contribution in [0, 0.1) is 0 Å². The lowest BCUT2D eigenvalue weighted by Crippen LogP contribution is -2.69. The van der Waals surface area contributed by atoms with E-state index < -0.39 is 155 Å². The van der Waals surface area contributed by atoms with E-state index in [0.717, 1.165) is 6.92 Å². The molecule has 0 radical (unpaired) electrons. The van der Waals surface area contributed by atoms with E-state index in [2.05, 4.69) is 5.32 Å². The molecule has 14 N–H and O–H groups in total. The van der Waals surface area contributed by atoms with Crippen molar-refractivity contribution in [2.45, 2.75) is 130 Å². The van der Waals surface area contributed by atoms with Crippen LogP contribution in [0.5, 0.6) is 0 Å². The van der Waals surface area contributed by atoms with Crippen LogP contribution in [0.2, 0.25) is 0 Å². The third-order valence-electron chi connectivity index (χ3n) is 8.59. The zero-order valence-electron chi connectivity index (χ0n) is 25.5. The van der Waals surface area contributed by atoms with Gasteiger partial charge in [0.1, 0.15) is 97.6 Å². The Balaban J connectivity index is 1.64. The highest BCUT2D eigenvalue weighted by molar-refractivity contribution is 5.73. The lowest BCUT2D eigenvalue weighted by molar-refractivity contribution is -0.371. The van der Waals surface area contributed by atoms with E-state index in [0.29, 0.717) is 0 Å². The summed E-state index contributed by atoms with van der Waals surface area (Å²) >= 11 is 0. The minimum atomic E-state index is -1.97. The fourth-order valence-electron chi connectivity index (χ4n) is 5.84. The molecule has 0 bridgehead atoms. The van der Waals surface area contributed by atoms with Crippen molar-refractivity contribution in [1.82, 2.24) is 5.32 Å². The zero-order chi connectivity index (χ0) is 35.6. The first-order valence-corrected chi connectivity index (χ1v) is 15.1. The molecule has 20 atom stereocenters. The molecule has 4 heterocycles. The molecule has 280 valence electrons. The SMILES string of the molecule is CC(=O)N[C@H]1[C@H](O[C@@H]2[C@@H](O)[C@H](O)O[C@H](CO)[C@@H]2O)O[C@H](CO[C@@H]2O[C@H](CO)[C@@H](O)[C@H](O)[C@H]2O)[C@@H](O[C@@H]2O[C@H](CO)[C@H](O)[C@H](O)[C@H]2O)[C@@H]1O. The minimum Gasteiger partial charge on any atom is -0.394 e. The van der Waals surface area contributed by atoms with Crippen molar-refractivity contribution in [3.63, 3.8) is 0 Å². The highest BCUT2D eigenvalue weighted by Gasteiger charge is 2.54. The zero-order valence-corrected chi connectivity index (χ0v) is 25.5. The molecule has 0 aliphatic carbocycles. The van der Waals surface area contributed by atoms with E-state index in [-0.39, 0.29) is 0 Å². The number of aliphatic hydroxyl groups excluding tert-OH is 13. The molecule has 22 heteroatoms. The van der Waals surface area contributed by atoms with Crippen LogP contribution >= 0.6 is 0 Å². The van der Waals surface area contributed by atoms with Gasteiger partial charge in [0.25, 0.3) is 0 Å². The molecular formula is C26H45NO21. The summed E-state index contributed by atoms with van der Waals surface area (Å²) < 4.78 is 38.7. The normalized spacial score (nSPS) is 50.2. The van der Waals surface area contributed by atoms with Gasteiger partial charge in [0, 0.05) is 6.92 Å². The summed E-state index contributed by atoms with van der Waals surface area (Å²) in [5.41, 5.74) is 0. The van der Waals surface area contributed by atoms with Crippen LogP contribution in [0.25, 0.3) is 0 Å². The van der Waals surface area contributed by atoms with Crippen LogP contribution in [-0.4, -0.2) is 221 Å². The second-order valence-electron chi connectivity index (χ2n) is 11.9. The second kappa shape index (κ2) is 16.8. The van der Waals surface area contributed by atoms with Gasteiger partial charge >= 0.3 is 0 Å². The molecule has 0 unspecified atom stereocenters. The summed E-state index contributed by atoms with van der Waals surface area (Å²) in [6, 6.07) is -1.63. The van der Waals surface area contributed by atoms with Gasteiger partial charge in [-0.1, -0.05) is 0 Å². The number of aliphatic hydroxyl groups is 13. The van der Waals surface area contributed by atoms with Crippen molar-refractivity contribution in [2.24, 2.45) is 0 Å². The van der Waals surface area contributed by atoms with Gasteiger partial charge in [0.05, 0.1) is 26.4 Å². The number of rotatable bonds is 11. The van der Waals surface area contributed by atoms with E-state index >= 15 is 0 Å². The number of ether oxygens (including phenoxy) is 7. The van der Waals surface area contributed by atoms with Crippen molar-refractivity contribution in [3.05, 3.63) is 0 Å². The average molecular weight is 708 g/mol. The van der Waals surface area contributed by atoms with Crippen molar-refractivity contribution >= 4 is 5.91 Å². The summed E-state index contributed by atoms with van der Waals surface area (Å²) in [5.74, 6) is -0.764. The number of carbonyl (C=O) groups excluding carboxylic acids is 1. The fourth-order valence-corrected chi connectivity index (χ4v) is 5.84. The topological polar surface area (TPSA) is 357 Å². The smallest absolute Gasteiger partial charge is 0.217 e. The molecule has 4 aliphatic rings. The maximum atomic E-state index is 12.2. The number of amides is 1. The molecule has 22 nitrogen and oxygen atoms in total. The summed E-state index contributed by atoms with van der Waals surface area (Å²) in [5, 5.41) is 136. The Morgan fingerprint density at radius 3 is 1.56 bits per heavy atom. The van der Waals surface area contributed by atoms with Crippen molar-refractivity contribution in [1.29, 1.82) is 0 Å². The van der Waals surface area contributed by atoms with Crippen LogP contribution in [0.4, 0.5) is 0 Å². The Labute approximate surface area is 272 Å². The predicted octanol–water partition coefficient (Wildman–Crippen LogP) is -9.61. The van der Waals surface area contributed by atoms with Gasteiger partial charge in [-0.15, -0.1) is 0 Å². The van der Waals surface area contributed by atoms with Crippen molar-refractivity contribution < 1.29 is 104 Å². The van der Waals surface area contributed by atoms with E-state index in [4.69, 9.17) is 33.2 Å². The van der Waals surface area contributed by atoms with Gasteiger partial charge in [-0.05, 0) is 0 Å². The molecule has 0 aromatic heterocycles. The molecule has 4 rings (SSSR count). The summed E-state index contributed by atoms with van der Waals surface area (Å²) in [6.07, 6.45) is -33.6. The first-order valence-electron chi connectivity index (χ1n) is 15.1. The quantitative estimate of drug-likeness (QED) is 0.0947. The van der Waals surface area contributed by atoms with Crippen LogP contribution < -0.4 is 5.32 Å².